The molecule has 2 heteroatoms. The number of aryl methyl sites for hydroxylation is 2. The highest BCUT2D eigenvalue weighted by Gasteiger charge is 2.01. The highest BCUT2D eigenvalue weighted by Crippen LogP contribution is 2.31. The third-order valence-corrected chi connectivity index (χ3v) is 3.76. The molecule has 2 aromatic carbocycles. The minimum absolute atomic E-state index is 1.02. The van der Waals surface area contributed by atoms with Crippen LogP contribution in [0.3, 0.4) is 0 Å². The molecule has 2 rings (SSSR count). The zero-order valence-corrected chi connectivity index (χ0v) is 11.1. The second kappa shape index (κ2) is 4.98. The Morgan fingerprint density at radius 3 is 2.44 bits per heavy atom. The van der Waals surface area contributed by atoms with Crippen molar-refractivity contribution in [3.63, 3.8) is 0 Å². The molecule has 0 heterocycles. The summed E-state index contributed by atoms with van der Waals surface area (Å²) in [6.45, 7) is 4.24. The Bertz CT molecular complexity index is 484. The SMILES string of the molecule is Cc1cc(S)cc(Sc2ccccc2C)c1. The molecule has 0 saturated heterocycles. The zero-order valence-electron chi connectivity index (χ0n) is 9.40. The van der Waals surface area contributed by atoms with Gasteiger partial charge in [-0.1, -0.05) is 30.0 Å². The van der Waals surface area contributed by atoms with E-state index in [0.29, 0.717) is 0 Å². The van der Waals surface area contributed by atoms with Crippen LogP contribution in [-0.4, -0.2) is 0 Å². The molecule has 0 aliphatic heterocycles. The molecule has 0 aromatic heterocycles. The molecule has 0 fully saturated rings. The lowest BCUT2D eigenvalue weighted by atomic mass is 10.2. The van der Waals surface area contributed by atoms with Gasteiger partial charge >= 0.3 is 0 Å². The Morgan fingerprint density at radius 2 is 1.75 bits per heavy atom. The number of hydrogen-bond acceptors (Lipinski definition) is 2. The zero-order chi connectivity index (χ0) is 11.5. The Kier molecular flexibility index (Phi) is 3.62. The van der Waals surface area contributed by atoms with Crippen molar-refractivity contribution >= 4 is 24.4 Å². The highest BCUT2D eigenvalue weighted by atomic mass is 32.2. The number of hydrogen-bond donors (Lipinski definition) is 1. The normalized spacial score (nSPS) is 10.4. The third-order valence-electron chi connectivity index (χ3n) is 2.36. The van der Waals surface area contributed by atoms with Crippen LogP contribution >= 0.6 is 24.4 Å². The number of rotatable bonds is 2. The first-order valence-electron chi connectivity index (χ1n) is 5.19. The molecule has 82 valence electrons. The molecule has 0 bridgehead atoms. The fourth-order valence-electron chi connectivity index (χ4n) is 1.59. The van der Waals surface area contributed by atoms with Gasteiger partial charge in [-0.3, -0.25) is 0 Å². The van der Waals surface area contributed by atoms with Gasteiger partial charge in [-0.2, -0.15) is 0 Å². The van der Waals surface area contributed by atoms with E-state index in [-0.39, 0.29) is 0 Å². The lowest BCUT2D eigenvalue weighted by Crippen LogP contribution is -1.80. The van der Waals surface area contributed by atoms with Crippen LogP contribution in [0.4, 0.5) is 0 Å². The Morgan fingerprint density at radius 1 is 1.00 bits per heavy atom. The molecule has 0 amide bonds. The maximum atomic E-state index is 4.40. The van der Waals surface area contributed by atoms with Gasteiger partial charge in [-0.15, -0.1) is 12.6 Å². The minimum atomic E-state index is 1.02. The van der Waals surface area contributed by atoms with E-state index in [9.17, 15) is 0 Å². The molecule has 0 nitrogen and oxygen atoms in total. The van der Waals surface area contributed by atoms with Crippen LogP contribution in [0.15, 0.2) is 57.2 Å². The Balaban J connectivity index is 2.30. The maximum absolute atomic E-state index is 4.40. The molecule has 0 radical (unpaired) electrons. The summed E-state index contributed by atoms with van der Waals surface area (Å²) in [5.74, 6) is 0. The van der Waals surface area contributed by atoms with Gasteiger partial charge in [0.15, 0.2) is 0 Å². The summed E-state index contributed by atoms with van der Waals surface area (Å²) in [6, 6.07) is 14.8. The van der Waals surface area contributed by atoms with Crippen LogP contribution in [0.1, 0.15) is 11.1 Å². The van der Waals surface area contributed by atoms with E-state index >= 15 is 0 Å². The van der Waals surface area contributed by atoms with E-state index in [1.807, 2.05) is 0 Å². The summed E-state index contributed by atoms with van der Waals surface area (Å²) in [6.07, 6.45) is 0. The highest BCUT2D eigenvalue weighted by molar-refractivity contribution is 7.99. The topological polar surface area (TPSA) is 0 Å². The van der Waals surface area contributed by atoms with Crippen molar-refractivity contribution in [2.75, 3.05) is 0 Å². The second-order valence-electron chi connectivity index (χ2n) is 3.87. The molecular weight excluding hydrogens is 232 g/mol. The van der Waals surface area contributed by atoms with Gasteiger partial charge in [-0.25, -0.2) is 0 Å². The van der Waals surface area contributed by atoms with Crippen molar-refractivity contribution in [2.45, 2.75) is 28.5 Å². The summed E-state index contributed by atoms with van der Waals surface area (Å²) in [4.78, 5) is 3.58. The minimum Gasteiger partial charge on any atom is -0.143 e. The van der Waals surface area contributed by atoms with Gasteiger partial charge in [0.05, 0.1) is 0 Å². The van der Waals surface area contributed by atoms with E-state index in [4.69, 9.17) is 0 Å². The summed E-state index contributed by atoms with van der Waals surface area (Å²) < 4.78 is 0. The van der Waals surface area contributed by atoms with Crippen LogP contribution in [0.25, 0.3) is 0 Å². The Labute approximate surface area is 106 Å². The molecule has 0 aliphatic rings. The molecule has 0 spiro atoms. The van der Waals surface area contributed by atoms with E-state index in [1.165, 1.54) is 20.9 Å². The van der Waals surface area contributed by atoms with Crippen molar-refractivity contribution in [3.05, 3.63) is 53.6 Å². The molecule has 0 atom stereocenters. The first-order valence-corrected chi connectivity index (χ1v) is 6.45. The van der Waals surface area contributed by atoms with Gasteiger partial charge < -0.3 is 0 Å². The van der Waals surface area contributed by atoms with Crippen molar-refractivity contribution in [1.29, 1.82) is 0 Å². The van der Waals surface area contributed by atoms with E-state index in [1.54, 1.807) is 11.8 Å². The third kappa shape index (κ3) is 2.83. The van der Waals surface area contributed by atoms with Gasteiger partial charge in [0.1, 0.15) is 0 Å². The second-order valence-corrected chi connectivity index (χ2v) is 5.50. The summed E-state index contributed by atoms with van der Waals surface area (Å²) in [5, 5.41) is 0. The van der Waals surface area contributed by atoms with Crippen LogP contribution in [0.2, 0.25) is 0 Å². The van der Waals surface area contributed by atoms with Gasteiger partial charge in [0.2, 0.25) is 0 Å². The summed E-state index contributed by atoms with van der Waals surface area (Å²) in [5.41, 5.74) is 2.57. The van der Waals surface area contributed by atoms with Gasteiger partial charge in [-0.05, 0) is 49.2 Å². The van der Waals surface area contributed by atoms with Crippen molar-refractivity contribution in [1.82, 2.24) is 0 Å². The van der Waals surface area contributed by atoms with E-state index < -0.39 is 0 Å². The summed E-state index contributed by atoms with van der Waals surface area (Å²) in [7, 11) is 0. The quantitative estimate of drug-likeness (QED) is 0.747. The van der Waals surface area contributed by atoms with Gasteiger partial charge in [0.25, 0.3) is 0 Å². The fraction of sp³-hybridized carbons (Fsp3) is 0.143. The van der Waals surface area contributed by atoms with Crippen LogP contribution in [-0.2, 0) is 0 Å². The standard InChI is InChI=1S/C14H14S2/c1-10-7-12(15)9-13(8-10)16-14-6-4-3-5-11(14)2/h3-9,15H,1-2H3. The molecule has 0 N–H and O–H groups in total. The maximum Gasteiger partial charge on any atom is 0.0151 e. The molecule has 0 unspecified atom stereocenters. The Hall–Kier alpha value is -0.860. The largest absolute Gasteiger partial charge is 0.143 e. The average molecular weight is 246 g/mol. The summed E-state index contributed by atoms with van der Waals surface area (Å²) >= 11 is 6.20. The van der Waals surface area contributed by atoms with E-state index in [0.717, 1.165) is 4.90 Å². The first kappa shape index (κ1) is 11.6. The molecule has 16 heavy (non-hydrogen) atoms. The molecule has 0 saturated carbocycles. The van der Waals surface area contributed by atoms with Crippen molar-refractivity contribution in [3.8, 4) is 0 Å². The molecule has 0 aliphatic carbocycles. The lowest BCUT2D eigenvalue weighted by molar-refractivity contribution is 1.25. The lowest BCUT2D eigenvalue weighted by Gasteiger charge is -2.06. The van der Waals surface area contributed by atoms with Crippen LogP contribution in [0, 0.1) is 13.8 Å². The smallest absolute Gasteiger partial charge is 0.0151 e. The van der Waals surface area contributed by atoms with Crippen LogP contribution in [0.5, 0.6) is 0 Å². The van der Waals surface area contributed by atoms with E-state index in [2.05, 4.69) is 68.9 Å². The predicted molar refractivity (Wildman–Crippen MR) is 73.7 cm³/mol. The first-order chi connectivity index (χ1) is 7.65. The number of benzene rings is 2. The molecule has 2 aromatic rings. The van der Waals surface area contributed by atoms with Gasteiger partial charge in [0, 0.05) is 14.7 Å². The average Bonchev–Trinajstić information content (AvgIpc) is 2.20. The van der Waals surface area contributed by atoms with Crippen LogP contribution < -0.4 is 0 Å². The molecular formula is C14H14S2. The monoisotopic (exact) mass is 246 g/mol. The van der Waals surface area contributed by atoms with Crippen molar-refractivity contribution < 1.29 is 0 Å². The predicted octanol–water partition coefficient (Wildman–Crippen LogP) is 4.74. The fourth-order valence-corrected chi connectivity index (χ4v) is 3.08. The number of thiol groups is 1. The van der Waals surface area contributed by atoms with Crippen molar-refractivity contribution in [2.24, 2.45) is 0 Å².